The summed E-state index contributed by atoms with van der Waals surface area (Å²) in [6, 6.07) is 0.576. The number of hydrogen-bond donors (Lipinski definition) is 0. The molecule has 0 heterocycles. The van der Waals surface area contributed by atoms with E-state index in [-0.39, 0.29) is 0 Å². The monoisotopic (exact) mass is 351 g/mol. The van der Waals surface area contributed by atoms with Gasteiger partial charge >= 0.3 is 0 Å². The van der Waals surface area contributed by atoms with Gasteiger partial charge < -0.3 is 4.90 Å². The van der Waals surface area contributed by atoms with Gasteiger partial charge in [0, 0.05) is 6.04 Å². The lowest BCUT2D eigenvalue weighted by atomic mass is 10.00. The molecule has 0 aliphatic heterocycles. The highest BCUT2D eigenvalue weighted by molar-refractivity contribution is 5.01. The van der Waals surface area contributed by atoms with Crippen LogP contribution in [0.3, 0.4) is 0 Å². The second kappa shape index (κ2) is 18.5. The van der Waals surface area contributed by atoms with E-state index < -0.39 is 0 Å². The van der Waals surface area contributed by atoms with Gasteiger partial charge in [0.25, 0.3) is 0 Å². The zero-order valence-corrected chi connectivity index (χ0v) is 18.3. The fourth-order valence-electron chi connectivity index (χ4n) is 3.83. The van der Waals surface area contributed by atoms with Crippen LogP contribution in [-0.4, -0.2) is 25.0 Å². The van der Waals surface area contributed by atoms with Gasteiger partial charge in [0.1, 0.15) is 0 Å². The summed E-state index contributed by atoms with van der Waals surface area (Å²) < 4.78 is 0. The van der Waals surface area contributed by atoms with Gasteiger partial charge in [-0.05, 0) is 27.4 Å². The third-order valence-electron chi connectivity index (χ3n) is 5.52. The van der Waals surface area contributed by atoms with E-state index in [2.05, 4.69) is 39.4 Å². The van der Waals surface area contributed by atoms with Crippen molar-refractivity contribution < 1.29 is 0 Å². The Hall–Kier alpha value is -0.300. The van der Waals surface area contributed by atoms with Crippen molar-refractivity contribution >= 4 is 0 Å². The first-order valence-corrected chi connectivity index (χ1v) is 11.4. The van der Waals surface area contributed by atoms with Crippen molar-refractivity contribution in [1.82, 2.24) is 4.90 Å². The summed E-state index contributed by atoms with van der Waals surface area (Å²) in [7, 11) is 4.34. The highest BCUT2D eigenvalue weighted by atomic mass is 15.1. The first kappa shape index (κ1) is 24.7. The van der Waals surface area contributed by atoms with Crippen LogP contribution in [0.4, 0.5) is 0 Å². The van der Waals surface area contributed by atoms with Gasteiger partial charge in [-0.1, -0.05) is 122 Å². The molecule has 0 rings (SSSR count). The quantitative estimate of drug-likeness (QED) is 0.168. The van der Waals surface area contributed by atoms with E-state index in [1.54, 1.807) is 0 Å². The first-order chi connectivity index (χ1) is 12.1. The maximum absolute atomic E-state index is 4.13. The molecule has 0 saturated carbocycles. The van der Waals surface area contributed by atoms with Crippen molar-refractivity contribution in [1.29, 1.82) is 0 Å². The van der Waals surface area contributed by atoms with Gasteiger partial charge in [0.05, 0.1) is 0 Å². The van der Waals surface area contributed by atoms with E-state index in [9.17, 15) is 0 Å². The lowest BCUT2D eigenvalue weighted by Crippen LogP contribution is -2.28. The Morgan fingerprint density at radius 2 is 0.960 bits per heavy atom. The topological polar surface area (TPSA) is 3.24 Å². The molecule has 0 radical (unpaired) electrons. The van der Waals surface area contributed by atoms with Crippen LogP contribution in [0.15, 0.2) is 12.2 Å². The molecule has 0 aromatic rings. The highest BCUT2D eigenvalue weighted by Gasteiger charge is 2.10. The van der Waals surface area contributed by atoms with Gasteiger partial charge in [-0.2, -0.15) is 0 Å². The van der Waals surface area contributed by atoms with E-state index >= 15 is 0 Å². The Kier molecular flexibility index (Phi) is 18.3. The molecule has 0 N–H and O–H groups in total. The average Bonchev–Trinajstić information content (AvgIpc) is 2.57. The maximum Gasteiger partial charge on any atom is 0.0296 e. The summed E-state index contributed by atoms with van der Waals surface area (Å²) in [5.41, 5.74) is 1.31. The summed E-state index contributed by atoms with van der Waals surface area (Å²) >= 11 is 0. The van der Waals surface area contributed by atoms with Gasteiger partial charge in [0.15, 0.2) is 0 Å². The molecule has 1 heteroatoms. The zero-order valence-electron chi connectivity index (χ0n) is 18.3. The Bertz CT molecular complexity index is 282. The molecule has 25 heavy (non-hydrogen) atoms. The summed E-state index contributed by atoms with van der Waals surface area (Å²) in [6.07, 6.45) is 24.4. The third kappa shape index (κ3) is 16.9. The van der Waals surface area contributed by atoms with E-state index in [1.807, 2.05) is 0 Å². The predicted molar refractivity (Wildman–Crippen MR) is 116 cm³/mol. The molecular weight excluding hydrogens is 302 g/mol. The lowest BCUT2D eigenvalue weighted by molar-refractivity contribution is 0.307. The second-order valence-corrected chi connectivity index (χ2v) is 8.42. The van der Waals surface area contributed by atoms with Crippen LogP contribution in [0.25, 0.3) is 0 Å². The normalized spacial score (nSPS) is 12.7. The molecule has 0 aromatic heterocycles. The molecule has 0 amide bonds. The molecule has 0 bridgehead atoms. The first-order valence-electron chi connectivity index (χ1n) is 11.4. The van der Waals surface area contributed by atoms with Gasteiger partial charge in [0.2, 0.25) is 0 Å². The van der Waals surface area contributed by atoms with E-state index in [0.29, 0.717) is 6.04 Å². The van der Waals surface area contributed by atoms with Crippen LogP contribution in [-0.2, 0) is 0 Å². The summed E-state index contributed by atoms with van der Waals surface area (Å²) in [5, 5.41) is 0. The van der Waals surface area contributed by atoms with Gasteiger partial charge in [-0.15, -0.1) is 0 Å². The molecule has 150 valence electrons. The standard InChI is InChI=1S/C24H49N/c1-6-7-8-9-10-11-12-13-14-15-16-17-18-19-20-21-22-24(23(2)3)25(4)5/h24H,2,6-22H2,1,3-5H3. The zero-order chi connectivity index (χ0) is 18.8. The fourth-order valence-corrected chi connectivity index (χ4v) is 3.83. The SMILES string of the molecule is C=C(C)C(CCCCCCCCCCCCCCCCCC)N(C)C. The predicted octanol–water partition coefficient (Wildman–Crippen LogP) is 8.14. The average molecular weight is 352 g/mol. The second-order valence-electron chi connectivity index (χ2n) is 8.42. The third-order valence-corrected chi connectivity index (χ3v) is 5.52. The van der Waals surface area contributed by atoms with Gasteiger partial charge in [-0.3, -0.25) is 0 Å². The fraction of sp³-hybridized carbons (Fsp3) is 0.917. The number of hydrogen-bond acceptors (Lipinski definition) is 1. The highest BCUT2D eigenvalue weighted by Crippen LogP contribution is 2.16. The van der Waals surface area contributed by atoms with Crippen molar-refractivity contribution in [3.8, 4) is 0 Å². The maximum atomic E-state index is 4.13. The van der Waals surface area contributed by atoms with Crippen molar-refractivity contribution in [2.75, 3.05) is 14.1 Å². The molecule has 1 nitrogen and oxygen atoms in total. The van der Waals surface area contributed by atoms with Crippen LogP contribution in [0.5, 0.6) is 0 Å². The Labute approximate surface area is 160 Å². The minimum atomic E-state index is 0.576. The lowest BCUT2D eigenvalue weighted by Gasteiger charge is -2.24. The molecule has 0 fully saturated rings. The molecule has 0 aliphatic carbocycles. The Morgan fingerprint density at radius 1 is 0.640 bits per heavy atom. The Morgan fingerprint density at radius 3 is 1.24 bits per heavy atom. The molecule has 1 unspecified atom stereocenters. The van der Waals surface area contributed by atoms with E-state index in [4.69, 9.17) is 0 Å². The van der Waals surface area contributed by atoms with Crippen LogP contribution >= 0.6 is 0 Å². The van der Waals surface area contributed by atoms with Crippen LogP contribution < -0.4 is 0 Å². The van der Waals surface area contributed by atoms with Crippen molar-refractivity contribution in [3.63, 3.8) is 0 Å². The smallest absolute Gasteiger partial charge is 0.0296 e. The van der Waals surface area contributed by atoms with E-state index in [1.165, 1.54) is 115 Å². The van der Waals surface area contributed by atoms with Gasteiger partial charge in [-0.25, -0.2) is 0 Å². The number of nitrogens with zero attached hydrogens (tertiary/aromatic N) is 1. The minimum absolute atomic E-state index is 0.576. The number of unbranched alkanes of at least 4 members (excludes halogenated alkanes) is 15. The van der Waals surface area contributed by atoms with Crippen LogP contribution in [0.2, 0.25) is 0 Å². The molecule has 0 spiro atoms. The summed E-state index contributed by atoms with van der Waals surface area (Å²) in [6.45, 7) is 8.59. The van der Waals surface area contributed by atoms with Crippen LogP contribution in [0, 0.1) is 0 Å². The molecular formula is C24H49N. The Balaban J connectivity index is 3.20. The van der Waals surface area contributed by atoms with E-state index in [0.717, 1.165) is 0 Å². The molecule has 1 atom stereocenters. The molecule has 0 aromatic carbocycles. The summed E-state index contributed by atoms with van der Waals surface area (Å²) in [5.74, 6) is 0. The largest absolute Gasteiger partial charge is 0.303 e. The van der Waals surface area contributed by atoms with Crippen molar-refractivity contribution in [2.45, 2.75) is 129 Å². The molecule has 0 aliphatic rings. The van der Waals surface area contributed by atoms with Crippen molar-refractivity contribution in [2.24, 2.45) is 0 Å². The number of likely N-dealkylation sites (N-methyl/N-ethyl adjacent to an activating group) is 1. The van der Waals surface area contributed by atoms with Crippen LogP contribution in [0.1, 0.15) is 123 Å². The summed E-state index contributed by atoms with van der Waals surface area (Å²) in [4.78, 5) is 2.31. The van der Waals surface area contributed by atoms with Crippen molar-refractivity contribution in [3.05, 3.63) is 12.2 Å². The minimum Gasteiger partial charge on any atom is -0.303 e. The molecule has 0 saturated heterocycles. The number of rotatable bonds is 19.